The van der Waals surface area contributed by atoms with E-state index in [9.17, 15) is 0 Å². The van der Waals surface area contributed by atoms with Gasteiger partial charge in [-0.2, -0.15) is 0 Å². The van der Waals surface area contributed by atoms with Crippen LogP contribution in [0.2, 0.25) is 0 Å². The van der Waals surface area contributed by atoms with Gasteiger partial charge < -0.3 is 5.32 Å². The molecule has 1 aromatic carbocycles. The van der Waals surface area contributed by atoms with Crippen LogP contribution in [0.25, 0.3) is 0 Å². The molecule has 2 nitrogen and oxygen atoms in total. The molecule has 1 saturated heterocycles. The molecule has 1 unspecified atom stereocenters. The molecule has 1 N–H and O–H groups in total. The molecule has 0 bridgehead atoms. The fourth-order valence-corrected chi connectivity index (χ4v) is 4.19. The molecule has 0 amide bonds. The second-order valence-corrected chi connectivity index (χ2v) is 6.51. The Bertz CT molecular complexity index is 369. The van der Waals surface area contributed by atoms with Gasteiger partial charge in [-0.3, -0.25) is 4.90 Å². The van der Waals surface area contributed by atoms with Crippen molar-refractivity contribution in [3.8, 4) is 0 Å². The number of nitrogens with zero attached hydrogens (tertiary/aromatic N) is 1. The van der Waals surface area contributed by atoms with Crippen LogP contribution in [0, 0.1) is 0 Å². The zero-order valence-electron chi connectivity index (χ0n) is 10.4. The van der Waals surface area contributed by atoms with Gasteiger partial charge in [-0.25, -0.2) is 0 Å². The summed E-state index contributed by atoms with van der Waals surface area (Å²) in [7, 11) is 0. The van der Waals surface area contributed by atoms with Crippen LogP contribution < -0.4 is 5.32 Å². The zero-order valence-corrected chi connectivity index (χ0v) is 11.2. The summed E-state index contributed by atoms with van der Waals surface area (Å²) < 4.78 is 0. The minimum atomic E-state index is 0.650. The van der Waals surface area contributed by atoms with Crippen LogP contribution in [-0.4, -0.2) is 42.4 Å². The number of fused-ring (bicyclic) bond motifs is 1. The van der Waals surface area contributed by atoms with E-state index in [0.29, 0.717) is 6.04 Å². The number of hydrogen-bond donors (Lipinski definition) is 1. The lowest BCUT2D eigenvalue weighted by Gasteiger charge is -2.33. The highest BCUT2D eigenvalue weighted by Gasteiger charge is 2.25. The minimum absolute atomic E-state index is 0.650. The van der Waals surface area contributed by atoms with E-state index < -0.39 is 0 Å². The number of hydrogen-bond acceptors (Lipinski definition) is 3. The van der Waals surface area contributed by atoms with E-state index in [1.165, 1.54) is 31.0 Å². The van der Waals surface area contributed by atoms with Crippen LogP contribution in [-0.2, 0) is 6.42 Å². The van der Waals surface area contributed by atoms with Crippen LogP contribution in [0.3, 0.4) is 0 Å². The van der Waals surface area contributed by atoms with Gasteiger partial charge in [-0.1, -0.05) is 18.2 Å². The molecule has 3 heteroatoms. The molecule has 2 heterocycles. The average molecular weight is 248 g/mol. The summed E-state index contributed by atoms with van der Waals surface area (Å²) in [6, 6.07) is 9.51. The van der Waals surface area contributed by atoms with Gasteiger partial charge >= 0.3 is 0 Å². The second kappa shape index (κ2) is 5.01. The van der Waals surface area contributed by atoms with Crippen LogP contribution in [0.1, 0.15) is 12.5 Å². The standard InChI is InChI=1S/C14H20N2S/c1-11-9-16(7-6-15-11)10-13-8-12-4-2-3-5-14(12)17-13/h2-5,11,13,15H,6-10H2,1H3/t11-,13?/m0/s1. The predicted molar refractivity (Wildman–Crippen MR) is 73.7 cm³/mol. The monoisotopic (exact) mass is 248 g/mol. The minimum Gasteiger partial charge on any atom is -0.312 e. The summed E-state index contributed by atoms with van der Waals surface area (Å²) in [6.45, 7) is 7.07. The Hall–Kier alpha value is -0.510. The normalized spacial score (nSPS) is 29.2. The van der Waals surface area contributed by atoms with Crippen LogP contribution in [0.4, 0.5) is 0 Å². The second-order valence-electron chi connectivity index (χ2n) is 5.17. The molecule has 0 radical (unpaired) electrons. The third-order valence-corrected chi connectivity index (χ3v) is 4.93. The molecular formula is C14H20N2S. The fourth-order valence-electron chi connectivity index (χ4n) is 2.82. The molecule has 0 saturated carbocycles. The highest BCUT2D eigenvalue weighted by Crippen LogP contribution is 2.37. The summed E-state index contributed by atoms with van der Waals surface area (Å²) in [5.74, 6) is 0. The van der Waals surface area contributed by atoms with Gasteiger partial charge in [0, 0.05) is 42.4 Å². The molecule has 17 heavy (non-hydrogen) atoms. The van der Waals surface area contributed by atoms with E-state index in [4.69, 9.17) is 0 Å². The van der Waals surface area contributed by atoms with Gasteiger partial charge in [-0.05, 0) is 25.0 Å². The molecule has 2 atom stereocenters. The molecule has 2 aliphatic heterocycles. The summed E-state index contributed by atoms with van der Waals surface area (Å²) in [6.07, 6.45) is 1.25. The Morgan fingerprint density at radius 1 is 1.41 bits per heavy atom. The first-order valence-electron chi connectivity index (χ1n) is 6.51. The highest BCUT2D eigenvalue weighted by molar-refractivity contribution is 8.00. The Morgan fingerprint density at radius 2 is 2.29 bits per heavy atom. The maximum Gasteiger partial charge on any atom is 0.0263 e. The van der Waals surface area contributed by atoms with Crippen molar-refractivity contribution in [2.24, 2.45) is 0 Å². The Morgan fingerprint density at radius 3 is 3.12 bits per heavy atom. The first-order chi connectivity index (χ1) is 8.31. The van der Waals surface area contributed by atoms with Gasteiger partial charge in [0.25, 0.3) is 0 Å². The fraction of sp³-hybridized carbons (Fsp3) is 0.571. The maximum atomic E-state index is 3.51. The summed E-state index contributed by atoms with van der Waals surface area (Å²) in [4.78, 5) is 4.12. The Kier molecular flexibility index (Phi) is 3.41. The van der Waals surface area contributed by atoms with Gasteiger partial charge in [-0.15, -0.1) is 11.8 Å². The van der Waals surface area contributed by atoms with Crippen LogP contribution in [0.5, 0.6) is 0 Å². The molecule has 3 rings (SSSR count). The lowest BCUT2D eigenvalue weighted by Crippen LogP contribution is -2.50. The van der Waals surface area contributed by atoms with Crippen LogP contribution >= 0.6 is 11.8 Å². The van der Waals surface area contributed by atoms with Crippen molar-refractivity contribution in [3.63, 3.8) is 0 Å². The van der Waals surface area contributed by atoms with Crippen molar-refractivity contribution in [3.05, 3.63) is 29.8 Å². The van der Waals surface area contributed by atoms with E-state index in [2.05, 4.69) is 53.2 Å². The molecule has 0 spiro atoms. The highest BCUT2D eigenvalue weighted by atomic mass is 32.2. The molecule has 92 valence electrons. The molecule has 0 aromatic heterocycles. The number of nitrogens with one attached hydrogen (secondary N) is 1. The number of rotatable bonds is 2. The van der Waals surface area contributed by atoms with Crippen molar-refractivity contribution >= 4 is 11.8 Å². The molecular weight excluding hydrogens is 228 g/mol. The van der Waals surface area contributed by atoms with Crippen molar-refractivity contribution in [2.45, 2.75) is 29.5 Å². The van der Waals surface area contributed by atoms with Crippen molar-refractivity contribution in [1.82, 2.24) is 10.2 Å². The molecule has 2 aliphatic rings. The van der Waals surface area contributed by atoms with E-state index >= 15 is 0 Å². The third kappa shape index (κ3) is 2.67. The SMILES string of the molecule is C[C@H]1CN(CC2Cc3ccccc3S2)CCN1. The Balaban J connectivity index is 1.58. The number of benzene rings is 1. The van der Waals surface area contributed by atoms with Crippen molar-refractivity contribution in [2.75, 3.05) is 26.2 Å². The summed E-state index contributed by atoms with van der Waals surface area (Å²) in [5, 5.41) is 4.27. The van der Waals surface area contributed by atoms with Crippen LogP contribution in [0.15, 0.2) is 29.2 Å². The van der Waals surface area contributed by atoms with Gasteiger partial charge in [0.15, 0.2) is 0 Å². The largest absolute Gasteiger partial charge is 0.312 e. The average Bonchev–Trinajstić information content (AvgIpc) is 2.71. The van der Waals surface area contributed by atoms with E-state index in [1.54, 1.807) is 5.56 Å². The van der Waals surface area contributed by atoms with E-state index in [0.717, 1.165) is 11.8 Å². The lowest BCUT2D eigenvalue weighted by atomic mass is 10.1. The number of piperazine rings is 1. The van der Waals surface area contributed by atoms with Crippen molar-refractivity contribution < 1.29 is 0 Å². The third-order valence-electron chi connectivity index (χ3n) is 3.63. The van der Waals surface area contributed by atoms with E-state index in [-0.39, 0.29) is 0 Å². The van der Waals surface area contributed by atoms with Gasteiger partial charge in [0.2, 0.25) is 0 Å². The zero-order chi connectivity index (χ0) is 11.7. The summed E-state index contributed by atoms with van der Waals surface area (Å²) in [5.41, 5.74) is 1.55. The van der Waals surface area contributed by atoms with Crippen molar-refractivity contribution in [1.29, 1.82) is 0 Å². The first-order valence-corrected chi connectivity index (χ1v) is 7.39. The smallest absolute Gasteiger partial charge is 0.0263 e. The quantitative estimate of drug-likeness (QED) is 0.862. The lowest BCUT2D eigenvalue weighted by molar-refractivity contribution is 0.208. The molecule has 1 fully saturated rings. The topological polar surface area (TPSA) is 15.3 Å². The summed E-state index contributed by atoms with van der Waals surface area (Å²) >= 11 is 2.07. The Labute approximate surface area is 108 Å². The van der Waals surface area contributed by atoms with Gasteiger partial charge in [0.1, 0.15) is 0 Å². The number of thioether (sulfide) groups is 1. The first kappa shape index (κ1) is 11.6. The maximum absolute atomic E-state index is 3.51. The molecule has 0 aliphatic carbocycles. The molecule has 1 aromatic rings. The van der Waals surface area contributed by atoms with Gasteiger partial charge in [0.05, 0.1) is 0 Å². The predicted octanol–water partition coefficient (Wildman–Crippen LogP) is 2.00. The van der Waals surface area contributed by atoms with E-state index in [1.807, 2.05) is 0 Å².